The molecule has 176 valence electrons. The lowest BCUT2D eigenvalue weighted by Crippen LogP contribution is -2.26. The Morgan fingerprint density at radius 2 is 1.88 bits per heavy atom. The number of nitrogens with one attached hydrogen (secondary N) is 3. The minimum absolute atomic E-state index is 0.0761. The van der Waals surface area contributed by atoms with E-state index < -0.39 is 27.3 Å². The summed E-state index contributed by atoms with van der Waals surface area (Å²) in [5, 5.41) is 3.07. The highest BCUT2D eigenvalue weighted by Crippen LogP contribution is 2.22. The SMILES string of the molecule is O=C(NCCCCn1ccnc1)c1cc(=O)[nH]c2ccc(S(=O)(=O)Nc3ccc(F)cc3)cc12. The normalized spacial score (nSPS) is 11.4. The maximum Gasteiger partial charge on any atom is 0.261 e. The second-order valence-corrected chi connectivity index (χ2v) is 9.31. The van der Waals surface area contributed by atoms with Gasteiger partial charge in [0.15, 0.2) is 0 Å². The summed E-state index contributed by atoms with van der Waals surface area (Å²) in [7, 11) is -4.02. The molecule has 0 aliphatic heterocycles. The Balaban J connectivity index is 1.52. The monoisotopic (exact) mass is 483 g/mol. The van der Waals surface area contributed by atoms with Crippen molar-refractivity contribution in [1.29, 1.82) is 0 Å². The van der Waals surface area contributed by atoms with Crippen molar-refractivity contribution in [3.63, 3.8) is 0 Å². The predicted molar refractivity (Wildman–Crippen MR) is 126 cm³/mol. The molecule has 0 saturated carbocycles. The number of hydrogen-bond acceptors (Lipinski definition) is 5. The lowest BCUT2D eigenvalue weighted by Gasteiger charge is -2.11. The first-order valence-corrected chi connectivity index (χ1v) is 12.0. The first kappa shape index (κ1) is 23.2. The Hall–Kier alpha value is -3.99. The van der Waals surface area contributed by atoms with Gasteiger partial charge in [0.25, 0.3) is 15.9 Å². The summed E-state index contributed by atoms with van der Waals surface area (Å²) in [5.74, 6) is -0.963. The van der Waals surface area contributed by atoms with Crippen molar-refractivity contribution in [1.82, 2.24) is 19.9 Å². The molecule has 0 radical (unpaired) electrons. The lowest BCUT2D eigenvalue weighted by atomic mass is 10.1. The van der Waals surface area contributed by atoms with Gasteiger partial charge in [0.05, 0.1) is 16.8 Å². The number of nitrogens with zero attached hydrogens (tertiary/aromatic N) is 2. The molecule has 2 aromatic carbocycles. The van der Waals surface area contributed by atoms with Crippen molar-refractivity contribution in [3.8, 4) is 0 Å². The van der Waals surface area contributed by atoms with Gasteiger partial charge < -0.3 is 14.9 Å². The molecule has 0 atom stereocenters. The minimum Gasteiger partial charge on any atom is -0.352 e. The Morgan fingerprint density at radius 1 is 1.09 bits per heavy atom. The smallest absolute Gasteiger partial charge is 0.261 e. The van der Waals surface area contributed by atoms with Gasteiger partial charge in [-0.3, -0.25) is 14.3 Å². The molecule has 0 saturated heterocycles. The number of amides is 1. The number of aryl methyl sites for hydroxylation is 1. The van der Waals surface area contributed by atoms with Crippen LogP contribution in [0.2, 0.25) is 0 Å². The number of halogens is 1. The standard InChI is InChI=1S/C23H22FN5O4S/c24-16-3-5-17(6-4-16)28-34(32,33)18-7-8-21-19(13-18)20(14-22(30)27-21)23(31)26-9-1-2-11-29-12-10-25-15-29/h3-8,10,12-15,28H,1-2,9,11H2,(H,26,31)(H,27,30). The summed E-state index contributed by atoms with van der Waals surface area (Å²) >= 11 is 0. The van der Waals surface area contributed by atoms with Crippen LogP contribution in [0.25, 0.3) is 10.9 Å². The van der Waals surface area contributed by atoms with Crippen LogP contribution >= 0.6 is 0 Å². The number of H-pyrrole nitrogens is 1. The molecule has 2 aromatic heterocycles. The number of hydrogen-bond donors (Lipinski definition) is 3. The van der Waals surface area contributed by atoms with Crippen molar-refractivity contribution in [3.05, 3.63) is 89.0 Å². The fraction of sp³-hybridized carbons (Fsp3) is 0.174. The number of unbranched alkanes of at least 4 members (excludes halogenated alkanes) is 1. The highest BCUT2D eigenvalue weighted by molar-refractivity contribution is 7.92. The van der Waals surface area contributed by atoms with Crippen LogP contribution < -0.4 is 15.6 Å². The fourth-order valence-electron chi connectivity index (χ4n) is 3.46. The van der Waals surface area contributed by atoms with Gasteiger partial charge >= 0.3 is 0 Å². The van der Waals surface area contributed by atoms with Gasteiger partial charge in [-0.05, 0) is 55.3 Å². The third-order valence-electron chi connectivity index (χ3n) is 5.15. The largest absolute Gasteiger partial charge is 0.352 e. The lowest BCUT2D eigenvalue weighted by molar-refractivity contribution is 0.0954. The van der Waals surface area contributed by atoms with Crippen LogP contribution in [0.1, 0.15) is 23.2 Å². The number of aromatic nitrogens is 3. The Morgan fingerprint density at radius 3 is 2.62 bits per heavy atom. The quantitative estimate of drug-likeness (QED) is 0.316. The summed E-state index contributed by atoms with van der Waals surface area (Å²) in [6.45, 7) is 1.16. The number of sulfonamides is 1. The van der Waals surface area contributed by atoms with Crippen molar-refractivity contribution >= 4 is 32.5 Å². The van der Waals surface area contributed by atoms with Crippen LogP contribution in [0, 0.1) is 5.82 Å². The van der Waals surface area contributed by atoms with Gasteiger partial charge in [0, 0.05) is 48.1 Å². The van der Waals surface area contributed by atoms with E-state index in [1.807, 2.05) is 10.8 Å². The van der Waals surface area contributed by atoms with Crippen LogP contribution in [0.5, 0.6) is 0 Å². The molecule has 0 bridgehead atoms. The Bertz CT molecular complexity index is 1470. The van der Waals surface area contributed by atoms with Crippen molar-refractivity contribution < 1.29 is 17.6 Å². The molecule has 11 heteroatoms. The molecular formula is C23H22FN5O4S. The summed E-state index contributed by atoms with van der Waals surface area (Å²) in [6, 6.07) is 10.1. The van der Waals surface area contributed by atoms with E-state index in [2.05, 4.69) is 20.0 Å². The first-order valence-electron chi connectivity index (χ1n) is 10.5. The number of rotatable bonds is 9. The van der Waals surface area contributed by atoms with Gasteiger partial charge in [-0.25, -0.2) is 17.8 Å². The third kappa shape index (κ3) is 5.49. The van der Waals surface area contributed by atoms with E-state index in [-0.39, 0.29) is 21.5 Å². The number of carbonyl (C=O) groups excluding carboxylic acids is 1. The molecule has 9 nitrogen and oxygen atoms in total. The average molecular weight is 484 g/mol. The van der Waals surface area contributed by atoms with Crippen LogP contribution in [0.4, 0.5) is 10.1 Å². The van der Waals surface area contributed by atoms with E-state index >= 15 is 0 Å². The number of carbonyl (C=O) groups is 1. The zero-order chi connectivity index (χ0) is 24.1. The molecule has 0 unspecified atom stereocenters. The second-order valence-electron chi connectivity index (χ2n) is 7.63. The molecule has 1 amide bonds. The van der Waals surface area contributed by atoms with Gasteiger partial charge in [-0.2, -0.15) is 0 Å². The number of aromatic amines is 1. The molecule has 3 N–H and O–H groups in total. The summed E-state index contributed by atoms with van der Waals surface area (Å²) < 4.78 is 43.1. The van der Waals surface area contributed by atoms with E-state index in [1.54, 1.807) is 12.5 Å². The highest BCUT2D eigenvalue weighted by Gasteiger charge is 2.18. The molecule has 34 heavy (non-hydrogen) atoms. The van der Waals surface area contributed by atoms with Crippen LogP contribution in [0.15, 0.2) is 76.9 Å². The molecule has 0 spiro atoms. The number of pyridine rings is 1. The molecule has 0 aliphatic rings. The Labute approximate surface area is 194 Å². The number of anilines is 1. The highest BCUT2D eigenvalue weighted by atomic mass is 32.2. The number of fused-ring (bicyclic) bond motifs is 1. The molecule has 4 aromatic rings. The third-order valence-corrected chi connectivity index (χ3v) is 6.53. The van der Waals surface area contributed by atoms with E-state index in [1.165, 1.54) is 30.3 Å². The summed E-state index contributed by atoms with van der Waals surface area (Å²) in [4.78, 5) is 31.3. The molecular weight excluding hydrogens is 461 g/mol. The summed E-state index contributed by atoms with van der Waals surface area (Å²) in [6.07, 6.45) is 6.81. The molecule has 4 rings (SSSR count). The minimum atomic E-state index is -4.02. The van der Waals surface area contributed by atoms with Crippen LogP contribution in [0.3, 0.4) is 0 Å². The van der Waals surface area contributed by atoms with E-state index in [4.69, 9.17) is 0 Å². The van der Waals surface area contributed by atoms with Gasteiger partial charge in [0.2, 0.25) is 5.56 Å². The van der Waals surface area contributed by atoms with Crippen LogP contribution in [-0.2, 0) is 16.6 Å². The molecule has 0 fully saturated rings. The number of benzene rings is 2. The molecule has 2 heterocycles. The van der Waals surface area contributed by atoms with E-state index in [9.17, 15) is 22.4 Å². The predicted octanol–water partition coefficient (Wildman–Crippen LogP) is 2.87. The van der Waals surface area contributed by atoms with Crippen molar-refractivity contribution in [2.24, 2.45) is 0 Å². The van der Waals surface area contributed by atoms with Crippen molar-refractivity contribution in [2.75, 3.05) is 11.3 Å². The topological polar surface area (TPSA) is 126 Å². The van der Waals surface area contributed by atoms with Gasteiger partial charge in [-0.1, -0.05) is 0 Å². The maximum absolute atomic E-state index is 13.1. The van der Waals surface area contributed by atoms with E-state index in [0.29, 0.717) is 18.5 Å². The zero-order valence-electron chi connectivity index (χ0n) is 18.0. The Kier molecular flexibility index (Phi) is 6.73. The maximum atomic E-state index is 13.1. The first-order chi connectivity index (χ1) is 16.3. The fourth-order valence-corrected chi connectivity index (χ4v) is 4.54. The van der Waals surface area contributed by atoms with Crippen molar-refractivity contribution in [2.45, 2.75) is 24.3 Å². The molecule has 0 aliphatic carbocycles. The second kappa shape index (κ2) is 9.87. The summed E-state index contributed by atoms with van der Waals surface area (Å²) in [5.41, 5.74) is 0.125. The van der Waals surface area contributed by atoms with Crippen LogP contribution in [-0.4, -0.2) is 35.4 Å². The average Bonchev–Trinajstić information content (AvgIpc) is 3.33. The zero-order valence-corrected chi connectivity index (χ0v) is 18.8. The van der Waals surface area contributed by atoms with E-state index in [0.717, 1.165) is 31.2 Å². The van der Waals surface area contributed by atoms with Gasteiger partial charge in [0.1, 0.15) is 5.82 Å². The number of imidazole rings is 1. The van der Waals surface area contributed by atoms with Gasteiger partial charge in [-0.15, -0.1) is 0 Å².